The fourth-order valence-corrected chi connectivity index (χ4v) is 2.75. The summed E-state index contributed by atoms with van der Waals surface area (Å²) in [7, 11) is 0. The molecule has 4 heteroatoms. The summed E-state index contributed by atoms with van der Waals surface area (Å²) >= 11 is 0. The van der Waals surface area contributed by atoms with Crippen molar-refractivity contribution >= 4 is 18.3 Å². The van der Waals surface area contributed by atoms with Crippen LogP contribution >= 0.6 is 12.4 Å². The zero-order chi connectivity index (χ0) is 12.5. The number of carbonyl (C=O) groups is 1. The van der Waals surface area contributed by atoms with Gasteiger partial charge in [0.05, 0.1) is 0 Å². The van der Waals surface area contributed by atoms with E-state index in [2.05, 4.69) is 31.4 Å². The molecule has 1 amide bonds. The van der Waals surface area contributed by atoms with Gasteiger partial charge < -0.3 is 10.6 Å². The van der Waals surface area contributed by atoms with E-state index in [4.69, 9.17) is 0 Å². The number of rotatable bonds is 3. The lowest BCUT2D eigenvalue weighted by Gasteiger charge is -2.36. The van der Waals surface area contributed by atoms with Crippen LogP contribution in [0, 0.1) is 17.3 Å². The SMILES string of the molecule is CC(C(=O)NC1CCC(C)(C)CC1)C1CNC1.Cl. The first-order valence-corrected chi connectivity index (χ1v) is 6.99. The van der Waals surface area contributed by atoms with Crippen LogP contribution in [0.15, 0.2) is 0 Å². The third kappa shape index (κ3) is 3.86. The molecule has 106 valence electrons. The van der Waals surface area contributed by atoms with Crippen LogP contribution in [0.3, 0.4) is 0 Å². The molecule has 0 bridgehead atoms. The molecular weight excluding hydrogens is 248 g/mol. The van der Waals surface area contributed by atoms with Crippen molar-refractivity contribution < 1.29 is 4.79 Å². The molecule has 1 saturated heterocycles. The van der Waals surface area contributed by atoms with Gasteiger partial charge in [-0.2, -0.15) is 0 Å². The van der Waals surface area contributed by atoms with Gasteiger partial charge in [-0.3, -0.25) is 4.79 Å². The first kappa shape index (κ1) is 15.8. The highest BCUT2D eigenvalue weighted by molar-refractivity contribution is 5.85. The fraction of sp³-hybridized carbons (Fsp3) is 0.929. The third-order valence-electron chi connectivity index (χ3n) is 4.62. The lowest BCUT2D eigenvalue weighted by Crippen LogP contribution is -2.51. The Hall–Kier alpha value is -0.280. The highest BCUT2D eigenvalue weighted by Crippen LogP contribution is 2.35. The van der Waals surface area contributed by atoms with Crippen LogP contribution in [0.25, 0.3) is 0 Å². The third-order valence-corrected chi connectivity index (χ3v) is 4.62. The highest BCUT2D eigenvalue weighted by atomic mass is 35.5. The van der Waals surface area contributed by atoms with Gasteiger partial charge in [0, 0.05) is 12.0 Å². The predicted molar refractivity (Wildman–Crippen MR) is 77.0 cm³/mol. The topological polar surface area (TPSA) is 41.1 Å². The second-order valence-electron chi connectivity index (χ2n) is 6.65. The zero-order valence-electron chi connectivity index (χ0n) is 11.8. The highest BCUT2D eigenvalue weighted by Gasteiger charge is 2.32. The molecule has 0 aromatic carbocycles. The van der Waals surface area contributed by atoms with Crippen LogP contribution < -0.4 is 10.6 Å². The summed E-state index contributed by atoms with van der Waals surface area (Å²) in [6, 6.07) is 0.422. The Labute approximate surface area is 117 Å². The molecule has 3 nitrogen and oxygen atoms in total. The largest absolute Gasteiger partial charge is 0.353 e. The summed E-state index contributed by atoms with van der Waals surface area (Å²) in [5, 5.41) is 6.47. The molecule has 0 aromatic rings. The van der Waals surface area contributed by atoms with E-state index >= 15 is 0 Å². The van der Waals surface area contributed by atoms with Crippen molar-refractivity contribution in [3.05, 3.63) is 0 Å². The maximum Gasteiger partial charge on any atom is 0.223 e. The van der Waals surface area contributed by atoms with Gasteiger partial charge in [-0.15, -0.1) is 12.4 Å². The van der Waals surface area contributed by atoms with Crippen LogP contribution in [-0.4, -0.2) is 25.0 Å². The van der Waals surface area contributed by atoms with Crippen LogP contribution in [0.4, 0.5) is 0 Å². The van der Waals surface area contributed by atoms with Gasteiger partial charge >= 0.3 is 0 Å². The number of hydrogen-bond acceptors (Lipinski definition) is 2. The predicted octanol–water partition coefficient (Wildman–Crippen LogP) is 2.35. The molecule has 0 radical (unpaired) electrons. The molecule has 2 fully saturated rings. The van der Waals surface area contributed by atoms with Gasteiger partial charge in [-0.25, -0.2) is 0 Å². The van der Waals surface area contributed by atoms with Crippen LogP contribution in [0.1, 0.15) is 46.5 Å². The number of hydrogen-bond donors (Lipinski definition) is 2. The van der Waals surface area contributed by atoms with Crippen molar-refractivity contribution in [3.63, 3.8) is 0 Å². The molecule has 1 atom stereocenters. The van der Waals surface area contributed by atoms with Crippen molar-refractivity contribution in [2.75, 3.05) is 13.1 Å². The molecule has 18 heavy (non-hydrogen) atoms. The van der Waals surface area contributed by atoms with Gasteiger partial charge in [0.1, 0.15) is 0 Å². The Morgan fingerprint density at radius 1 is 1.28 bits per heavy atom. The van der Waals surface area contributed by atoms with Crippen molar-refractivity contribution in [2.45, 2.75) is 52.5 Å². The Balaban J connectivity index is 0.00000162. The Morgan fingerprint density at radius 2 is 1.83 bits per heavy atom. The molecule has 1 aliphatic heterocycles. The van der Waals surface area contributed by atoms with Crippen molar-refractivity contribution in [2.24, 2.45) is 17.3 Å². The second-order valence-corrected chi connectivity index (χ2v) is 6.65. The van der Waals surface area contributed by atoms with Gasteiger partial charge in [0.2, 0.25) is 5.91 Å². The number of nitrogens with one attached hydrogen (secondary N) is 2. The van der Waals surface area contributed by atoms with Crippen LogP contribution in [0.2, 0.25) is 0 Å². The van der Waals surface area contributed by atoms with E-state index in [0.29, 0.717) is 17.4 Å². The first-order valence-electron chi connectivity index (χ1n) is 6.99. The normalized spacial score (nSPS) is 25.7. The zero-order valence-corrected chi connectivity index (χ0v) is 12.6. The number of amides is 1. The molecule has 1 heterocycles. The molecule has 2 aliphatic rings. The van der Waals surface area contributed by atoms with E-state index < -0.39 is 0 Å². The maximum absolute atomic E-state index is 12.1. The van der Waals surface area contributed by atoms with Gasteiger partial charge in [0.25, 0.3) is 0 Å². The average Bonchev–Trinajstić information content (AvgIpc) is 2.18. The smallest absolute Gasteiger partial charge is 0.223 e. The van der Waals surface area contributed by atoms with Gasteiger partial charge in [-0.1, -0.05) is 20.8 Å². The minimum atomic E-state index is 0. The molecular formula is C14H27ClN2O. The molecule has 2 N–H and O–H groups in total. The lowest BCUT2D eigenvalue weighted by molar-refractivity contribution is -0.127. The van der Waals surface area contributed by atoms with E-state index in [1.54, 1.807) is 0 Å². The molecule has 1 aliphatic carbocycles. The summed E-state index contributed by atoms with van der Waals surface area (Å²) in [6.07, 6.45) is 4.76. The summed E-state index contributed by atoms with van der Waals surface area (Å²) in [5.74, 6) is 0.988. The van der Waals surface area contributed by atoms with Crippen molar-refractivity contribution in [1.82, 2.24) is 10.6 Å². The summed E-state index contributed by atoms with van der Waals surface area (Å²) in [4.78, 5) is 12.1. The van der Waals surface area contributed by atoms with Gasteiger partial charge in [-0.05, 0) is 50.1 Å². The summed E-state index contributed by atoms with van der Waals surface area (Å²) in [6.45, 7) is 8.73. The summed E-state index contributed by atoms with van der Waals surface area (Å²) in [5.41, 5.74) is 0.477. The fourth-order valence-electron chi connectivity index (χ4n) is 2.75. The van der Waals surface area contributed by atoms with Gasteiger partial charge in [0.15, 0.2) is 0 Å². The van der Waals surface area contributed by atoms with Crippen molar-refractivity contribution in [3.8, 4) is 0 Å². The monoisotopic (exact) mass is 274 g/mol. The number of carbonyl (C=O) groups excluding carboxylic acids is 1. The Kier molecular flexibility index (Phi) is 5.47. The Morgan fingerprint density at radius 3 is 2.28 bits per heavy atom. The van der Waals surface area contributed by atoms with E-state index in [0.717, 1.165) is 25.9 Å². The summed E-state index contributed by atoms with van der Waals surface area (Å²) < 4.78 is 0. The average molecular weight is 275 g/mol. The molecule has 0 aromatic heterocycles. The van der Waals surface area contributed by atoms with E-state index in [1.807, 2.05) is 0 Å². The standard InChI is InChI=1S/C14H26N2O.ClH/c1-10(11-8-15-9-11)13(17)16-12-4-6-14(2,3)7-5-12;/h10-12,15H,4-9H2,1-3H3,(H,16,17);1H. The van der Waals surface area contributed by atoms with E-state index in [-0.39, 0.29) is 24.2 Å². The van der Waals surface area contributed by atoms with Crippen LogP contribution in [0.5, 0.6) is 0 Å². The second kappa shape index (κ2) is 6.25. The minimum absolute atomic E-state index is 0. The lowest BCUT2D eigenvalue weighted by atomic mass is 9.75. The van der Waals surface area contributed by atoms with E-state index in [9.17, 15) is 4.79 Å². The number of halogens is 1. The maximum atomic E-state index is 12.1. The molecule has 1 saturated carbocycles. The first-order chi connectivity index (χ1) is 7.98. The Bertz CT molecular complexity index is 280. The van der Waals surface area contributed by atoms with Crippen LogP contribution in [-0.2, 0) is 4.79 Å². The van der Waals surface area contributed by atoms with Crippen molar-refractivity contribution in [1.29, 1.82) is 0 Å². The molecule has 0 spiro atoms. The quantitative estimate of drug-likeness (QED) is 0.830. The molecule has 2 rings (SSSR count). The minimum Gasteiger partial charge on any atom is -0.353 e. The van der Waals surface area contributed by atoms with E-state index in [1.165, 1.54) is 12.8 Å². The molecule has 1 unspecified atom stereocenters.